The van der Waals surface area contributed by atoms with Crippen LogP contribution in [0.3, 0.4) is 0 Å². The zero-order chi connectivity index (χ0) is 34.4. The minimum atomic E-state index is 0.621. The van der Waals surface area contributed by atoms with E-state index in [-0.39, 0.29) is 0 Å². The van der Waals surface area contributed by atoms with Gasteiger partial charge in [-0.1, -0.05) is 133 Å². The summed E-state index contributed by atoms with van der Waals surface area (Å²) in [7, 11) is 0. The highest BCUT2D eigenvalue weighted by molar-refractivity contribution is 6.22. The maximum atomic E-state index is 6.67. The minimum absolute atomic E-state index is 0.621. The van der Waals surface area contributed by atoms with Crippen molar-refractivity contribution in [3.63, 3.8) is 0 Å². The van der Waals surface area contributed by atoms with Crippen LogP contribution in [0.2, 0.25) is 0 Å². The van der Waals surface area contributed by atoms with Crippen LogP contribution in [0.5, 0.6) is 0 Å². The molecule has 1 heterocycles. The Labute approximate surface area is 301 Å². The number of oxazole rings is 1. The first kappa shape index (κ1) is 29.9. The van der Waals surface area contributed by atoms with Crippen LogP contribution in [-0.4, -0.2) is 4.98 Å². The quantitative estimate of drug-likeness (QED) is 0.166. The number of hydrogen-bond acceptors (Lipinski definition) is 3. The normalized spacial score (nSPS) is 11.5. The van der Waals surface area contributed by atoms with Crippen LogP contribution in [0, 0.1) is 0 Å². The average molecular weight is 665 g/mol. The second-order valence-electron chi connectivity index (χ2n) is 13.2. The van der Waals surface area contributed by atoms with E-state index in [1.807, 2.05) is 30.3 Å². The molecular formula is C49H32N2O. The van der Waals surface area contributed by atoms with E-state index >= 15 is 0 Å². The Morgan fingerprint density at radius 1 is 0.385 bits per heavy atom. The van der Waals surface area contributed by atoms with Gasteiger partial charge in [-0.2, -0.15) is 0 Å². The predicted molar refractivity (Wildman–Crippen MR) is 218 cm³/mol. The molecule has 0 atom stereocenters. The molecule has 0 saturated carbocycles. The number of fused-ring (bicyclic) bond motifs is 6. The number of nitrogens with zero attached hydrogens (tertiary/aromatic N) is 2. The summed E-state index contributed by atoms with van der Waals surface area (Å²) in [5.41, 5.74) is 10.5. The second-order valence-corrected chi connectivity index (χ2v) is 13.2. The molecule has 0 aliphatic heterocycles. The van der Waals surface area contributed by atoms with Crippen molar-refractivity contribution in [3.8, 4) is 33.7 Å². The van der Waals surface area contributed by atoms with Crippen molar-refractivity contribution in [1.82, 2.24) is 4.98 Å². The molecule has 0 amide bonds. The predicted octanol–water partition coefficient (Wildman–Crippen LogP) is 13.8. The molecule has 0 radical (unpaired) electrons. The molecule has 244 valence electrons. The van der Waals surface area contributed by atoms with Crippen molar-refractivity contribution in [2.24, 2.45) is 0 Å². The number of aromatic nitrogens is 1. The summed E-state index contributed by atoms with van der Waals surface area (Å²) in [6.45, 7) is 0. The van der Waals surface area contributed by atoms with Crippen molar-refractivity contribution < 1.29 is 4.42 Å². The molecule has 0 bridgehead atoms. The topological polar surface area (TPSA) is 29.3 Å². The average Bonchev–Trinajstić information content (AvgIpc) is 3.66. The lowest BCUT2D eigenvalue weighted by molar-refractivity contribution is 0.623. The summed E-state index contributed by atoms with van der Waals surface area (Å²) >= 11 is 0. The van der Waals surface area contributed by atoms with E-state index in [1.54, 1.807) is 0 Å². The summed E-state index contributed by atoms with van der Waals surface area (Å²) in [6.07, 6.45) is 0. The minimum Gasteiger partial charge on any atom is -0.435 e. The Bertz CT molecular complexity index is 2890. The SMILES string of the molecule is c1ccc(-c2nc3ccc4cc(-c5ccccc5)c5ccc(N(c6ccccc6)c6cccc(-c7cccc8ccccc78)c6)cc5c4c3o2)cc1. The fourth-order valence-electron chi connectivity index (χ4n) is 7.63. The van der Waals surface area contributed by atoms with Gasteiger partial charge in [-0.05, 0) is 110 Å². The van der Waals surface area contributed by atoms with E-state index in [1.165, 1.54) is 33.0 Å². The van der Waals surface area contributed by atoms with Crippen LogP contribution >= 0.6 is 0 Å². The van der Waals surface area contributed by atoms with Crippen LogP contribution in [0.25, 0.3) is 77.1 Å². The van der Waals surface area contributed by atoms with Gasteiger partial charge in [0.2, 0.25) is 5.89 Å². The van der Waals surface area contributed by atoms with Gasteiger partial charge in [-0.25, -0.2) is 4.98 Å². The summed E-state index contributed by atoms with van der Waals surface area (Å²) in [5, 5.41) is 6.91. The maximum absolute atomic E-state index is 6.67. The zero-order valence-electron chi connectivity index (χ0n) is 28.3. The van der Waals surface area contributed by atoms with Crippen LogP contribution in [0.4, 0.5) is 17.1 Å². The molecule has 0 N–H and O–H groups in total. The number of rotatable bonds is 6. The van der Waals surface area contributed by atoms with E-state index in [0.29, 0.717) is 5.89 Å². The fraction of sp³-hybridized carbons (Fsp3) is 0. The first-order chi connectivity index (χ1) is 25.8. The van der Waals surface area contributed by atoms with Crippen LogP contribution in [-0.2, 0) is 0 Å². The monoisotopic (exact) mass is 664 g/mol. The molecule has 3 nitrogen and oxygen atoms in total. The van der Waals surface area contributed by atoms with Crippen LogP contribution < -0.4 is 4.90 Å². The van der Waals surface area contributed by atoms with Gasteiger partial charge >= 0.3 is 0 Å². The van der Waals surface area contributed by atoms with Gasteiger partial charge in [0, 0.05) is 28.0 Å². The number of anilines is 3. The molecule has 0 spiro atoms. The molecular weight excluding hydrogens is 633 g/mol. The number of benzene rings is 9. The second kappa shape index (κ2) is 12.4. The van der Waals surface area contributed by atoms with Gasteiger partial charge in [0.1, 0.15) is 5.52 Å². The van der Waals surface area contributed by atoms with Crippen molar-refractivity contribution in [2.75, 3.05) is 4.90 Å². The van der Waals surface area contributed by atoms with E-state index in [0.717, 1.165) is 55.3 Å². The maximum Gasteiger partial charge on any atom is 0.227 e. The fourth-order valence-corrected chi connectivity index (χ4v) is 7.63. The third-order valence-electron chi connectivity index (χ3n) is 10.0. The molecule has 0 aliphatic carbocycles. The first-order valence-electron chi connectivity index (χ1n) is 17.6. The van der Waals surface area contributed by atoms with E-state index in [2.05, 4.69) is 169 Å². The van der Waals surface area contributed by atoms with Crippen LogP contribution in [0.1, 0.15) is 0 Å². The largest absolute Gasteiger partial charge is 0.435 e. The van der Waals surface area contributed by atoms with E-state index < -0.39 is 0 Å². The van der Waals surface area contributed by atoms with Gasteiger partial charge in [0.15, 0.2) is 5.58 Å². The Hall–Kier alpha value is -6.97. The van der Waals surface area contributed by atoms with E-state index in [4.69, 9.17) is 9.40 Å². The van der Waals surface area contributed by atoms with Gasteiger partial charge in [0.05, 0.1) is 0 Å². The molecule has 1 aromatic heterocycles. The highest BCUT2D eigenvalue weighted by atomic mass is 16.3. The lowest BCUT2D eigenvalue weighted by Crippen LogP contribution is -2.10. The summed E-state index contributed by atoms with van der Waals surface area (Å²) in [5.74, 6) is 0.621. The van der Waals surface area contributed by atoms with Crippen molar-refractivity contribution in [1.29, 1.82) is 0 Å². The third-order valence-corrected chi connectivity index (χ3v) is 10.0. The summed E-state index contributed by atoms with van der Waals surface area (Å²) in [6, 6.07) is 68.8. The summed E-state index contributed by atoms with van der Waals surface area (Å²) < 4.78 is 6.67. The molecule has 10 rings (SSSR count). The summed E-state index contributed by atoms with van der Waals surface area (Å²) in [4.78, 5) is 7.31. The van der Waals surface area contributed by atoms with Gasteiger partial charge in [-0.15, -0.1) is 0 Å². The van der Waals surface area contributed by atoms with Crippen molar-refractivity contribution in [3.05, 3.63) is 194 Å². The Kier molecular flexibility index (Phi) is 7.14. The van der Waals surface area contributed by atoms with Crippen LogP contribution in [0.15, 0.2) is 199 Å². The Morgan fingerprint density at radius 2 is 1.04 bits per heavy atom. The number of hydrogen-bond donors (Lipinski definition) is 0. The van der Waals surface area contributed by atoms with Gasteiger partial charge < -0.3 is 9.32 Å². The third kappa shape index (κ3) is 5.10. The molecule has 0 fully saturated rings. The zero-order valence-corrected chi connectivity index (χ0v) is 28.3. The molecule has 0 unspecified atom stereocenters. The lowest BCUT2D eigenvalue weighted by Gasteiger charge is -2.27. The molecule has 9 aromatic carbocycles. The Balaban J connectivity index is 1.23. The molecule has 3 heteroatoms. The smallest absolute Gasteiger partial charge is 0.227 e. The first-order valence-corrected chi connectivity index (χ1v) is 17.6. The molecule has 10 aromatic rings. The van der Waals surface area contributed by atoms with Gasteiger partial charge in [-0.3, -0.25) is 0 Å². The lowest BCUT2D eigenvalue weighted by atomic mass is 9.92. The standard InChI is InChI=1S/C49H32N2O/c1-4-14-34(15-5-1)44-31-37-26-29-46-48(52-49(50-46)35-17-6-2-7-18-35)47(37)45-32-40(27-28-43(44)45)51(38-21-8-3-9-22-38)39-23-12-20-36(30-39)42-25-13-19-33-16-10-11-24-41(33)42/h1-32H. The Morgan fingerprint density at radius 3 is 1.87 bits per heavy atom. The molecule has 52 heavy (non-hydrogen) atoms. The highest BCUT2D eigenvalue weighted by Crippen LogP contribution is 2.44. The number of para-hydroxylation sites is 1. The van der Waals surface area contributed by atoms with Crippen molar-refractivity contribution in [2.45, 2.75) is 0 Å². The van der Waals surface area contributed by atoms with Crippen molar-refractivity contribution >= 4 is 60.5 Å². The molecule has 0 aliphatic rings. The molecule has 0 saturated heterocycles. The van der Waals surface area contributed by atoms with Gasteiger partial charge in [0.25, 0.3) is 0 Å². The highest BCUT2D eigenvalue weighted by Gasteiger charge is 2.20. The van der Waals surface area contributed by atoms with E-state index in [9.17, 15) is 0 Å².